The average Bonchev–Trinajstić information content (AvgIpc) is 3.12. The third-order valence-electron chi connectivity index (χ3n) is 3.89. The summed E-state index contributed by atoms with van der Waals surface area (Å²) in [5.41, 5.74) is 2.61. The molecule has 0 bridgehead atoms. The van der Waals surface area contributed by atoms with Crippen LogP contribution in [0, 0.1) is 5.92 Å². The van der Waals surface area contributed by atoms with Crippen LogP contribution in [0.4, 0.5) is 11.4 Å². The molecule has 3 aromatic rings. The lowest BCUT2D eigenvalue weighted by molar-refractivity contribution is -0.118. The predicted octanol–water partition coefficient (Wildman–Crippen LogP) is 3.17. The van der Waals surface area contributed by atoms with E-state index in [4.69, 9.17) is 0 Å². The van der Waals surface area contributed by atoms with Crippen molar-refractivity contribution in [1.29, 1.82) is 0 Å². The van der Waals surface area contributed by atoms with Gasteiger partial charge in [-0.2, -0.15) is 0 Å². The van der Waals surface area contributed by atoms with Crippen molar-refractivity contribution in [2.75, 3.05) is 10.6 Å². The van der Waals surface area contributed by atoms with Gasteiger partial charge in [-0.25, -0.2) is 4.68 Å². The summed E-state index contributed by atoms with van der Waals surface area (Å²) >= 11 is 0. The molecular weight excluding hydrogens is 342 g/mol. The van der Waals surface area contributed by atoms with Crippen LogP contribution in [0.2, 0.25) is 0 Å². The van der Waals surface area contributed by atoms with Gasteiger partial charge < -0.3 is 10.6 Å². The van der Waals surface area contributed by atoms with E-state index < -0.39 is 0 Å². The van der Waals surface area contributed by atoms with Crippen molar-refractivity contribution in [3.8, 4) is 0 Å². The van der Waals surface area contributed by atoms with Gasteiger partial charge in [-0.05, 0) is 29.8 Å². The molecule has 2 N–H and O–H groups in total. The van der Waals surface area contributed by atoms with Gasteiger partial charge in [-0.15, -0.1) is 5.10 Å². The lowest BCUT2D eigenvalue weighted by Crippen LogP contribution is -2.17. The zero-order valence-electron chi connectivity index (χ0n) is 15.2. The van der Waals surface area contributed by atoms with E-state index in [-0.39, 0.29) is 23.4 Å². The SMILES string of the molecule is CC(C)C(=O)Nc1ccc(NC(=O)c2cn(Cc3ccccc3)nn2)cc1. The molecule has 0 saturated heterocycles. The highest BCUT2D eigenvalue weighted by atomic mass is 16.2. The molecule has 2 aromatic carbocycles. The number of aromatic nitrogens is 3. The highest BCUT2D eigenvalue weighted by Gasteiger charge is 2.12. The number of benzene rings is 2. The number of nitrogens with one attached hydrogen (secondary N) is 2. The molecule has 27 heavy (non-hydrogen) atoms. The Labute approximate surface area is 157 Å². The van der Waals surface area contributed by atoms with Crippen molar-refractivity contribution in [3.63, 3.8) is 0 Å². The Bertz CT molecular complexity index is 917. The number of anilines is 2. The second-order valence-corrected chi connectivity index (χ2v) is 6.46. The monoisotopic (exact) mass is 363 g/mol. The smallest absolute Gasteiger partial charge is 0.277 e. The lowest BCUT2D eigenvalue weighted by atomic mass is 10.2. The third kappa shape index (κ3) is 5.01. The molecule has 7 heteroatoms. The zero-order chi connectivity index (χ0) is 19.2. The minimum absolute atomic E-state index is 0.0539. The Morgan fingerprint density at radius 2 is 1.59 bits per heavy atom. The van der Waals surface area contributed by atoms with Gasteiger partial charge in [0.1, 0.15) is 0 Å². The van der Waals surface area contributed by atoms with Gasteiger partial charge in [0.05, 0.1) is 12.7 Å². The van der Waals surface area contributed by atoms with Crippen molar-refractivity contribution >= 4 is 23.2 Å². The summed E-state index contributed by atoms with van der Waals surface area (Å²) in [5, 5.41) is 13.5. The van der Waals surface area contributed by atoms with Crippen LogP contribution in [0.15, 0.2) is 60.8 Å². The van der Waals surface area contributed by atoms with Gasteiger partial charge in [0.15, 0.2) is 5.69 Å². The highest BCUT2D eigenvalue weighted by molar-refractivity contribution is 6.02. The van der Waals surface area contributed by atoms with E-state index in [0.717, 1.165) is 5.56 Å². The molecule has 0 aliphatic heterocycles. The van der Waals surface area contributed by atoms with Crippen LogP contribution in [-0.4, -0.2) is 26.8 Å². The Hall–Kier alpha value is -3.48. The summed E-state index contributed by atoms with van der Waals surface area (Å²) < 4.78 is 1.62. The maximum atomic E-state index is 12.3. The minimum Gasteiger partial charge on any atom is -0.326 e. The molecular formula is C20H21N5O2. The van der Waals surface area contributed by atoms with Crippen molar-refractivity contribution in [1.82, 2.24) is 15.0 Å². The summed E-state index contributed by atoms with van der Waals surface area (Å²) in [4.78, 5) is 24.0. The molecule has 0 aliphatic carbocycles. The van der Waals surface area contributed by atoms with E-state index in [2.05, 4.69) is 20.9 Å². The van der Waals surface area contributed by atoms with Crippen LogP contribution in [0.3, 0.4) is 0 Å². The van der Waals surface area contributed by atoms with Crippen LogP contribution < -0.4 is 10.6 Å². The quantitative estimate of drug-likeness (QED) is 0.704. The van der Waals surface area contributed by atoms with Crippen molar-refractivity contribution in [2.45, 2.75) is 20.4 Å². The summed E-state index contributed by atoms with van der Waals surface area (Å²) in [6.45, 7) is 4.20. The van der Waals surface area contributed by atoms with Crippen molar-refractivity contribution in [3.05, 3.63) is 72.1 Å². The summed E-state index contributed by atoms with van der Waals surface area (Å²) in [6.07, 6.45) is 1.61. The molecule has 0 atom stereocenters. The Morgan fingerprint density at radius 1 is 0.963 bits per heavy atom. The first-order chi connectivity index (χ1) is 13.0. The van der Waals surface area contributed by atoms with Gasteiger partial charge in [0.2, 0.25) is 5.91 Å². The van der Waals surface area contributed by atoms with Crippen LogP contribution in [0.25, 0.3) is 0 Å². The number of nitrogens with zero attached hydrogens (tertiary/aromatic N) is 3. The molecule has 0 radical (unpaired) electrons. The number of hydrogen-bond donors (Lipinski definition) is 2. The fraction of sp³-hybridized carbons (Fsp3) is 0.200. The molecule has 2 amide bonds. The van der Waals surface area contributed by atoms with E-state index in [1.165, 1.54) is 0 Å². The number of rotatable bonds is 6. The molecule has 138 valence electrons. The average molecular weight is 363 g/mol. The van der Waals surface area contributed by atoms with Gasteiger partial charge in [-0.1, -0.05) is 49.4 Å². The molecule has 7 nitrogen and oxygen atoms in total. The minimum atomic E-state index is -0.340. The number of carbonyl (C=O) groups is 2. The van der Waals surface area contributed by atoms with E-state index in [9.17, 15) is 9.59 Å². The molecule has 1 aromatic heterocycles. The fourth-order valence-electron chi connectivity index (χ4n) is 2.37. The van der Waals surface area contributed by atoms with Gasteiger partial charge >= 0.3 is 0 Å². The Kier molecular flexibility index (Phi) is 5.61. The highest BCUT2D eigenvalue weighted by Crippen LogP contribution is 2.15. The van der Waals surface area contributed by atoms with Gasteiger partial charge in [0, 0.05) is 17.3 Å². The fourth-order valence-corrected chi connectivity index (χ4v) is 2.37. The molecule has 3 rings (SSSR count). The molecule has 0 fully saturated rings. The van der Waals surface area contributed by atoms with E-state index in [0.29, 0.717) is 17.9 Å². The lowest BCUT2D eigenvalue weighted by Gasteiger charge is -2.08. The van der Waals surface area contributed by atoms with Gasteiger partial charge in [-0.3, -0.25) is 9.59 Å². The molecule has 0 unspecified atom stereocenters. The second-order valence-electron chi connectivity index (χ2n) is 6.46. The van der Waals surface area contributed by atoms with Crippen molar-refractivity contribution in [2.24, 2.45) is 5.92 Å². The summed E-state index contributed by atoms with van der Waals surface area (Å²) in [6, 6.07) is 16.8. The first-order valence-electron chi connectivity index (χ1n) is 8.67. The number of hydrogen-bond acceptors (Lipinski definition) is 4. The summed E-state index contributed by atoms with van der Waals surface area (Å²) in [7, 11) is 0. The first kappa shape index (κ1) is 18.3. The maximum absolute atomic E-state index is 12.3. The van der Waals surface area contributed by atoms with Crippen molar-refractivity contribution < 1.29 is 9.59 Å². The van der Waals surface area contributed by atoms with Crippen LogP contribution >= 0.6 is 0 Å². The topological polar surface area (TPSA) is 88.9 Å². The van der Waals surface area contributed by atoms with E-state index in [1.807, 2.05) is 44.2 Å². The van der Waals surface area contributed by atoms with E-state index >= 15 is 0 Å². The Morgan fingerprint density at radius 3 is 2.22 bits per heavy atom. The standard InChI is InChI=1S/C20H21N5O2/c1-14(2)19(26)21-16-8-10-17(11-9-16)22-20(27)18-13-25(24-23-18)12-15-6-4-3-5-7-15/h3-11,13-14H,12H2,1-2H3,(H,21,26)(H,22,27). The van der Waals surface area contributed by atoms with Gasteiger partial charge in [0.25, 0.3) is 5.91 Å². The third-order valence-corrected chi connectivity index (χ3v) is 3.89. The van der Waals surface area contributed by atoms with Crippen LogP contribution in [-0.2, 0) is 11.3 Å². The van der Waals surface area contributed by atoms with Crippen LogP contribution in [0.1, 0.15) is 29.9 Å². The Balaban J connectivity index is 1.60. The maximum Gasteiger partial charge on any atom is 0.277 e. The largest absolute Gasteiger partial charge is 0.326 e. The number of carbonyl (C=O) groups excluding carboxylic acids is 2. The normalized spacial score (nSPS) is 10.6. The molecule has 1 heterocycles. The predicted molar refractivity (Wildman–Crippen MR) is 103 cm³/mol. The molecule has 0 aliphatic rings. The molecule has 0 spiro atoms. The first-order valence-corrected chi connectivity index (χ1v) is 8.67. The van der Waals surface area contributed by atoms with E-state index in [1.54, 1.807) is 35.1 Å². The second kappa shape index (κ2) is 8.27. The zero-order valence-corrected chi connectivity index (χ0v) is 15.2. The number of amides is 2. The van der Waals surface area contributed by atoms with Crippen LogP contribution in [0.5, 0.6) is 0 Å². The molecule has 0 saturated carbocycles. The summed E-state index contributed by atoms with van der Waals surface area (Å²) in [5.74, 6) is -0.488.